The van der Waals surface area contributed by atoms with Crippen LogP contribution in [0.3, 0.4) is 0 Å². The lowest BCUT2D eigenvalue weighted by Crippen LogP contribution is -2.42. The minimum Gasteiger partial charge on any atom is -0.508 e. The smallest absolute Gasteiger partial charge is 0.336 e. The lowest BCUT2D eigenvalue weighted by Gasteiger charge is -2.30. The van der Waals surface area contributed by atoms with Gasteiger partial charge in [0, 0.05) is 36.7 Å². The van der Waals surface area contributed by atoms with Gasteiger partial charge in [0.15, 0.2) is 0 Å². The molecule has 20 heavy (non-hydrogen) atoms. The monoisotopic (exact) mass is 274 g/mol. The average Bonchev–Trinajstić information content (AvgIpc) is 2.37. The van der Waals surface area contributed by atoms with Gasteiger partial charge in [-0.05, 0) is 37.1 Å². The van der Waals surface area contributed by atoms with Gasteiger partial charge >= 0.3 is 5.63 Å². The van der Waals surface area contributed by atoms with E-state index < -0.39 is 0 Å². The second-order valence-electron chi connectivity index (χ2n) is 5.41. The number of nitrogens with two attached hydrogens (primary N) is 1. The normalized spacial score (nSPS) is 20.4. The number of phenolic OH excluding ortho intramolecular Hbond substituents is 1. The molecule has 1 fully saturated rings. The zero-order valence-electron chi connectivity index (χ0n) is 11.2. The molecule has 0 amide bonds. The number of nitrogens with zero attached hydrogens (tertiary/aromatic N) is 1. The van der Waals surface area contributed by atoms with Gasteiger partial charge < -0.3 is 15.3 Å². The van der Waals surface area contributed by atoms with E-state index in [0.717, 1.165) is 36.9 Å². The second-order valence-corrected chi connectivity index (χ2v) is 5.41. The van der Waals surface area contributed by atoms with Crippen LogP contribution in [0.5, 0.6) is 5.75 Å². The molecule has 0 saturated carbocycles. The maximum absolute atomic E-state index is 11.6. The Kier molecular flexibility index (Phi) is 3.46. The number of phenols is 1. The van der Waals surface area contributed by atoms with E-state index >= 15 is 0 Å². The average molecular weight is 274 g/mol. The van der Waals surface area contributed by atoms with E-state index in [4.69, 9.17) is 10.2 Å². The first-order valence-electron chi connectivity index (χ1n) is 6.85. The predicted octanol–water partition coefficient (Wildman–Crippen LogP) is 1.42. The van der Waals surface area contributed by atoms with Gasteiger partial charge in [-0.2, -0.15) is 0 Å². The number of likely N-dealkylation sites (tertiary alicyclic amines) is 1. The Morgan fingerprint density at radius 3 is 3.05 bits per heavy atom. The highest BCUT2D eigenvalue weighted by Crippen LogP contribution is 2.23. The fraction of sp³-hybridized carbons (Fsp3) is 0.400. The van der Waals surface area contributed by atoms with Gasteiger partial charge in [0.2, 0.25) is 0 Å². The van der Waals surface area contributed by atoms with Crippen LogP contribution < -0.4 is 11.4 Å². The molecule has 3 N–H and O–H groups in total. The van der Waals surface area contributed by atoms with E-state index in [0.29, 0.717) is 12.1 Å². The van der Waals surface area contributed by atoms with E-state index in [1.807, 2.05) is 0 Å². The Labute approximate surface area is 116 Å². The Hall–Kier alpha value is -1.85. The lowest BCUT2D eigenvalue weighted by atomic mass is 10.0. The summed E-state index contributed by atoms with van der Waals surface area (Å²) < 4.78 is 5.13. The number of hydrogen-bond acceptors (Lipinski definition) is 5. The summed E-state index contributed by atoms with van der Waals surface area (Å²) in [6.45, 7) is 2.52. The molecule has 0 radical (unpaired) electrons. The molecule has 1 saturated heterocycles. The van der Waals surface area contributed by atoms with Crippen molar-refractivity contribution < 1.29 is 9.52 Å². The van der Waals surface area contributed by atoms with Gasteiger partial charge in [0.25, 0.3) is 0 Å². The van der Waals surface area contributed by atoms with Crippen molar-refractivity contribution in [2.24, 2.45) is 5.73 Å². The quantitative estimate of drug-likeness (QED) is 0.810. The zero-order valence-corrected chi connectivity index (χ0v) is 11.2. The number of rotatable bonds is 2. The molecule has 1 aromatic carbocycles. The van der Waals surface area contributed by atoms with Crippen molar-refractivity contribution in [2.45, 2.75) is 25.4 Å². The molecular formula is C15H18N2O3. The molecule has 1 aliphatic rings. The van der Waals surface area contributed by atoms with Gasteiger partial charge in [-0.1, -0.05) is 0 Å². The molecule has 1 aliphatic heterocycles. The van der Waals surface area contributed by atoms with E-state index in [2.05, 4.69) is 4.90 Å². The summed E-state index contributed by atoms with van der Waals surface area (Å²) in [5, 5.41) is 10.3. The Morgan fingerprint density at radius 1 is 1.40 bits per heavy atom. The van der Waals surface area contributed by atoms with Crippen molar-refractivity contribution in [3.8, 4) is 5.75 Å². The van der Waals surface area contributed by atoms with Crippen LogP contribution in [0.25, 0.3) is 11.0 Å². The van der Waals surface area contributed by atoms with Crippen LogP contribution in [-0.4, -0.2) is 29.1 Å². The molecule has 1 aromatic heterocycles. The van der Waals surface area contributed by atoms with E-state index in [1.165, 1.54) is 12.1 Å². The number of hydrogen-bond donors (Lipinski definition) is 2. The fourth-order valence-corrected chi connectivity index (χ4v) is 2.83. The highest BCUT2D eigenvalue weighted by Gasteiger charge is 2.18. The van der Waals surface area contributed by atoms with Crippen molar-refractivity contribution in [2.75, 3.05) is 13.1 Å². The Bertz CT molecular complexity index is 680. The largest absolute Gasteiger partial charge is 0.508 e. The van der Waals surface area contributed by atoms with Gasteiger partial charge in [-0.25, -0.2) is 4.79 Å². The summed E-state index contributed by atoms with van der Waals surface area (Å²) in [4.78, 5) is 13.9. The van der Waals surface area contributed by atoms with Crippen molar-refractivity contribution in [3.05, 3.63) is 40.2 Å². The highest BCUT2D eigenvalue weighted by molar-refractivity contribution is 5.81. The zero-order chi connectivity index (χ0) is 14.1. The molecule has 2 heterocycles. The van der Waals surface area contributed by atoms with Gasteiger partial charge in [-0.3, -0.25) is 4.90 Å². The Balaban J connectivity index is 1.96. The van der Waals surface area contributed by atoms with Crippen LogP contribution in [0.1, 0.15) is 18.4 Å². The molecule has 0 aliphatic carbocycles. The van der Waals surface area contributed by atoms with Crippen LogP contribution in [-0.2, 0) is 6.54 Å². The lowest BCUT2D eigenvalue weighted by molar-refractivity contribution is 0.202. The minimum atomic E-state index is -0.389. The first-order chi connectivity index (χ1) is 9.61. The number of piperidine rings is 1. The second kappa shape index (κ2) is 5.26. The van der Waals surface area contributed by atoms with E-state index in [-0.39, 0.29) is 17.4 Å². The third kappa shape index (κ3) is 2.69. The topological polar surface area (TPSA) is 79.7 Å². The minimum absolute atomic E-state index is 0.0952. The number of fused-ring (bicyclic) bond motifs is 1. The Morgan fingerprint density at radius 2 is 2.25 bits per heavy atom. The maximum Gasteiger partial charge on any atom is 0.336 e. The molecule has 106 valence electrons. The summed E-state index contributed by atoms with van der Waals surface area (Å²) in [7, 11) is 0. The number of benzene rings is 1. The predicted molar refractivity (Wildman–Crippen MR) is 76.6 cm³/mol. The summed E-state index contributed by atoms with van der Waals surface area (Å²) in [6.07, 6.45) is 2.14. The molecular weight excluding hydrogens is 256 g/mol. The standard InChI is InChI=1S/C15H18N2O3/c16-11-2-1-5-17(9-11)8-10-6-15(19)20-14-7-12(18)3-4-13(10)14/h3-4,6-7,11,18H,1-2,5,8-9,16H2. The fourth-order valence-electron chi connectivity index (χ4n) is 2.83. The van der Waals surface area contributed by atoms with Crippen molar-refractivity contribution >= 4 is 11.0 Å². The van der Waals surface area contributed by atoms with Crippen LogP contribution >= 0.6 is 0 Å². The summed E-state index contributed by atoms with van der Waals surface area (Å²) in [5.41, 5.74) is 6.94. The first kappa shape index (κ1) is 13.1. The van der Waals surface area contributed by atoms with Crippen LogP contribution in [0.4, 0.5) is 0 Å². The van der Waals surface area contributed by atoms with Crippen molar-refractivity contribution in [1.29, 1.82) is 0 Å². The van der Waals surface area contributed by atoms with E-state index in [1.54, 1.807) is 12.1 Å². The first-order valence-corrected chi connectivity index (χ1v) is 6.85. The maximum atomic E-state index is 11.6. The van der Waals surface area contributed by atoms with Gasteiger partial charge in [0.1, 0.15) is 11.3 Å². The van der Waals surface area contributed by atoms with Crippen LogP contribution in [0.2, 0.25) is 0 Å². The summed E-state index contributed by atoms with van der Waals surface area (Å²) >= 11 is 0. The molecule has 3 rings (SSSR count). The summed E-state index contributed by atoms with van der Waals surface area (Å²) in [5.74, 6) is 0.0952. The molecule has 0 spiro atoms. The van der Waals surface area contributed by atoms with Gasteiger partial charge in [0.05, 0.1) is 0 Å². The van der Waals surface area contributed by atoms with Gasteiger partial charge in [-0.15, -0.1) is 0 Å². The third-order valence-electron chi connectivity index (χ3n) is 3.75. The van der Waals surface area contributed by atoms with E-state index in [9.17, 15) is 9.90 Å². The third-order valence-corrected chi connectivity index (χ3v) is 3.75. The molecule has 1 unspecified atom stereocenters. The van der Waals surface area contributed by atoms with Crippen molar-refractivity contribution in [3.63, 3.8) is 0 Å². The molecule has 5 heteroatoms. The molecule has 1 atom stereocenters. The molecule has 0 bridgehead atoms. The summed E-state index contributed by atoms with van der Waals surface area (Å²) in [6, 6.07) is 6.60. The molecule has 2 aromatic rings. The SMILES string of the molecule is NC1CCCN(Cc2cc(=O)oc3cc(O)ccc23)C1. The highest BCUT2D eigenvalue weighted by atomic mass is 16.4. The molecule has 5 nitrogen and oxygen atoms in total. The number of aromatic hydroxyl groups is 1. The van der Waals surface area contributed by atoms with Crippen LogP contribution in [0, 0.1) is 0 Å². The van der Waals surface area contributed by atoms with Crippen molar-refractivity contribution in [1.82, 2.24) is 4.90 Å². The van der Waals surface area contributed by atoms with Crippen LogP contribution in [0.15, 0.2) is 33.5 Å².